The molecule has 0 spiro atoms. The first kappa shape index (κ1) is 12.8. The zero-order valence-electron chi connectivity index (χ0n) is 10.2. The Morgan fingerprint density at radius 2 is 2.12 bits per heavy atom. The average molecular weight is 225 g/mol. The van der Waals surface area contributed by atoms with Gasteiger partial charge in [0.15, 0.2) is 0 Å². The Morgan fingerprint density at radius 3 is 2.69 bits per heavy atom. The van der Waals surface area contributed by atoms with Crippen molar-refractivity contribution >= 4 is 5.69 Å². The van der Waals surface area contributed by atoms with Gasteiger partial charge in [0.05, 0.1) is 12.8 Å². The zero-order valence-corrected chi connectivity index (χ0v) is 10.2. The van der Waals surface area contributed by atoms with Crippen LogP contribution in [0.3, 0.4) is 0 Å². The summed E-state index contributed by atoms with van der Waals surface area (Å²) in [6, 6.07) is 5.08. The Morgan fingerprint density at radius 1 is 1.38 bits per heavy atom. The Balaban J connectivity index is 2.77. The van der Waals surface area contributed by atoms with Gasteiger partial charge in [0.1, 0.15) is 11.6 Å². The van der Waals surface area contributed by atoms with Crippen molar-refractivity contribution in [2.75, 3.05) is 12.4 Å². The monoisotopic (exact) mass is 225 g/mol. The quantitative estimate of drug-likeness (QED) is 0.794. The van der Waals surface area contributed by atoms with Crippen molar-refractivity contribution in [1.82, 2.24) is 0 Å². The smallest absolute Gasteiger partial charge is 0.146 e. The van der Waals surface area contributed by atoms with Gasteiger partial charge in [-0.25, -0.2) is 4.39 Å². The molecule has 0 saturated carbocycles. The fourth-order valence-corrected chi connectivity index (χ4v) is 1.69. The minimum Gasteiger partial charge on any atom is -0.497 e. The number of ether oxygens (including phenoxy) is 1. The van der Waals surface area contributed by atoms with Crippen molar-refractivity contribution in [3.05, 3.63) is 24.0 Å². The summed E-state index contributed by atoms with van der Waals surface area (Å²) in [5, 5.41) is 3.22. The topological polar surface area (TPSA) is 21.3 Å². The van der Waals surface area contributed by atoms with Crippen molar-refractivity contribution in [3.8, 4) is 5.75 Å². The number of hydrogen-bond acceptors (Lipinski definition) is 2. The number of halogens is 1. The van der Waals surface area contributed by atoms with Crippen LogP contribution in [0.5, 0.6) is 5.75 Å². The van der Waals surface area contributed by atoms with Crippen molar-refractivity contribution in [1.29, 1.82) is 0 Å². The predicted molar refractivity (Wildman–Crippen MR) is 65.6 cm³/mol. The van der Waals surface area contributed by atoms with Crippen molar-refractivity contribution in [2.24, 2.45) is 0 Å². The molecule has 90 valence electrons. The van der Waals surface area contributed by atoms with Crippen LogP contribution < -0.4 is 10.1 Å². The summed E-state index contributed by atoms with van der Waals surface area (Å²) in [6.45, 7) is 4.23. The van der Waals surface area contributed by atoms with Gasteiger partial charge in [-0.15, -0.1) is 0 Å². The van der Waals surface area contributed by atoms with Crippen LogP contribution >= 0.6 is 0 Å². The van der Waals surface area contributed by atoms with E-state index < -0.39 is 0 Å². The van der Waals surface area contributed by atoms with Crippen LogP contribution in [0.2, 0.25) is 0 Å². The molecule has 1 aromatic rings. The molecular formula is C13H20FNO. The van der Waals surface area contributed by atoms with Crippen molar-refractivity contribution in [3.63, 3.8) is 0 Å². The molecule has 16 heavy (non-hydrogen) atoms. The maximum atomic E-state index is 13.5. The van der Waals surface area contributed by atoms with Gasteiger partial charge in [0, 0.05) is 12.1 Å². The number of anilines is 1. The molecule has 1 atom stereocenters. The van der Waals surface area contributed by atoms with E-state index in [4.69, 9.17) is 4.74 Å². The van der Waals surface area contributed by atoms with E-state index in [0.717, 1.165) is 19.3 Å². The Bertz CT molecular complexity index is 328. The molecule has 1 rings (SSSR count). The molecule has 0 fully saturated rings. The molecule has 0 saturated heterocycles. The molecule has 0 aliphatic heterocycles. The highest BCUT2D eigenvalue weighted by Gasteiger charge is 2.09. The summed E-state index contributed by atoms with van der Waals surface area (Å²) in [5.41, 5.74) is 0.527. The normalized spacial score (nSPS) is 12.2. The third-order valence-electron chi connectivity index (χ3n) is 2.66. The van der Waals surface area contributed by atoms with E-state index in [1.54, 1.807) is 19.2 Å². The molecule has 2 nitrogen and oxygen atoms in total. The van der Waals surface area contributed by atoms with E-state index in [2.05, 4.69) is 19.2 Å². The highest BCUT2D eigenvalue weighted by atomic mass is 19.1. The van der Waals surface area contributed by atoms with Gasteiger partial charge in [0.25, 0.3) is 0 Å². The van der Waals surface area contributed by atoms with E-state index in [1.165, 1.54) is 6.07 Å². The molecule has 0 aromatic heterocycles. The van der Waals surface area contributed by atoms with Crippen molar-refractivity contribution in [2.45, 2.75) is 39.2 Å². The SMILES string of the molecule is CCCC(CC)Nc1cc(OC)ccc1F. The molecule has 3 heteroatoms. The maximum Gasteiger partial charge on any atom is 0.146 e. The zero-order chi connectivity index (χ0) is 12.0. The molecule has 0 amide bonds. The minimum absolute atomic E-state index is 0.227. The van der Waals surface area contributed by atoms with Crippen LogP contribution in [0.4, 0.5) is 10.1 Å². The van der Waals surface area contributed by atoms with Gasteiger partial charge in [-0.3, -0.25) is 0 Å². The Hall–Kier alpha value is -1.25. The molecule has 0 heterocycles. The fraction of sp³-hybridized carbons (Fsp3) is 0.538. The van der Waals surface area contributed by atoms with E-state index in [-0.39, 0.29) is 5.82 Å². The summed E-state index contributed by atoms with van der Waals surface area (Å²) in [5.74, 6) is 0.450. The second-order valence-corrected chi connectivity index (χ2v) is 3.88. The van der Waals surface area contributed by atoms with Gasteiger partial charge in [-0.1, -0.05) is 20.3 Å². The maximum absolute atomic E-state index is 13.5. The summed E-state index contributed by atoms with van der Waals surface area (Å²) < 4.78 is 18.6. The molecular weight excluding hydrogens is 205 g/mol. The highest BCUT2D eigenvalue weighted by molar-refractivity contribution is 5.50. The Labute approximate surface area is 96.8 Å². The molecule has 0 radical (unpaired) electrons. The third-order valence-corrected chi connectivity index (χ3v) is 2.66. The molecule has 1 unspecified atom stereocenters. The highest BCUT2D eigenvalue weighted by Crippen LogP contribution is 2.23. The van der Waals surface area contributed by atoms with Gasteiger partial charge in [-0.2, -0.15) is 0 Å². The number of methoxy groups -OCH3 is 1. The largest absolute Gasteiger partial charge is 0.497 e. The van der Waals surface area contributed by atoms with Crippen LogP contribution in [0.1, 0.15) is 33.1 Å². The first-order valence-corrected chi connectivity index (χ1v) is 5.81. The van der Waals surface area contributed by atoms with Crippen LogP contribution in [0, 0.1) is 5.82 Å². The van der Waals surface area contributed by atoms with E-state index >= 15 is 0 Å². The molecule has 0 bridgehead atoms. The summed E-state index contributed by atoms with van der Waals surface area (Å²) in [7, 11) is 1.58. The van der Waals surface area contributed by atoms with Gasteiger partial charge in [-0.05, 0) is 25.0 Å². The fourth-order valence-electron chi connectivity index (χ4n) is 1.69. The first-order chi connectivity index (χ1) is 7.71. The van der Waals surface area contributed by atoms with Gasteiger partial charge >= 0.3 is 0 Å². The van der Waals surface area contributed by atoms with Gasteiger partial charge in [0.2, 0.25) is 0 Å². The number of nitrogens with one attached hydrogen (secondary N) is 1. The van der Waals surface area contributed by atoms with E-state index in [9.17, 15) is 4.39 Å². The lowest BCUT2D eigenvalue weighted by Crippen LogP contribution is -2.18. The van der Waals surface area contributed by atoms with Crippen LogP contribution in [-0.4, -0.2) is 13.2 Å². The number of hydrogen-bond donors (Lipinski definition) is 1. The Kier molecular flexibility index (Phi) is 5.09. The summed E-state index contributed by atoms with van der Waals surface area (Å²) in [4.78, 5) is 0. The predicted octanol–water partition coefficient (Wildman–Crippen LogP) is 3.82. The van der Waals surface area contributed by atoms with Crippen molar-refractivity contribution < 1.29 is 9.13 Å². The molecule has 0 aliphatic carbocycles. The summed E-state index contributed by atoms with van der Waals surface area (Å²) in [6.07, 6.45) is 3.13. The second kappa shape index (κ2) is 6.36. The van der Waals surface area contributed by atoms with Crippen LogP contribution in [-0.2, 0) is 0 Å². The summed E-state index contributed by atoms with van der Waals surface area (Å²) >= 11 is 0. The average Bonchev–Trinajstić information content (AvgIpc) is 2.31. The minimum atomic E-state index is -0.227. The molecule has 0 aliphatic rings. The lowest BCUT2D eigenvalue weighted by molar-refractivity contribution is 0.414. The second-order valence-electron chi connectivity index (χ2n) is 3.88. The lowest BCUT2D eigenvalue weighted by Gasteiger charge is -2.18. The first-order valence-electron chi connectivity index (χ1n) is 5.81. The van der Waals surface area contributed by atoms with Gasteiger partial charge < -0.3 is 10.1 Å². The molecule has 1 aromatic carbocycles. The van der Waals surface area contributed by atoms with Crippen LogP contribution in [0.15, 0.2) is 18.2 Å². The molecule has 1 N–H and O–H groups in total. The van der Waals surface area contributed by atoms with E-state index in [1.807, 2.05) is 0 Å². The third kappa shape index (κ3) is 3.40. The van der Waals surface area contributed by atoms with Crippen LogP contribution in [0.25, 0.3) is 0 Å². The standard InChI is InChI=1S/C13H20FNO/c1-4-6-10(5-2)15-13-9-11(16-3)7-8-12(13)14/h7-10,15H,4-6H2,1-3H3. The lowest BCUT2D eigenvalue weighted by atomic mass is 10.1. The number of benzene rings is 1. The van der Waals surface area contributed by atoms with E-state index in [0.29, 0.717) is 17.5 Å². The number of rotatable bonds is 6.